The van der Waals surface area contributed by atoms with Crippen LogP contribution in [0.1, 0.15) is 30.9 Å². The van der Waals surface area contributed by atoms with Crippen LogP contribution < -0.4 is 15.0 Å². The standard InChI is InChI=1S/C24H28ClN5O3/c1-3-33-27-15-16-4-6-19-20(12-16)23(26-14-17-5-7-22(32-2)21(25)13-17)28-29-24(19)30-10-8-18(31)9-11-30/h4-7,12-13,15,18,31H,3,8-11,14H2,1-2H3,(H,26,28)/b27-15+. The molecule has 2 aromatic carbocycles. The highest BCUT2D eigenvalue weighted by atomic mass is 35.5. The molecule has 1 fully saturated rings. The topological polar surface area (TPSA) is 92.1 Å². The molecule has 0 amide bonds. The number of methoxy groups -OCH3 is 1. The Morgan fingerprint density at radius 2 is 2.00 bits per heavy atom. The van der Waals surface area contributed by atoms with Crippen molar-refractivity contribution in [3.8, 4) is 5.75 Å². The zero-order valence-electron chi connectivity index (χ0n) is 18.8. The van der Waals surface area contributed by atoms with Crippen LogP contribution in [0.3, 0.4) is 0 Å². The fourth-order valence-electron chi connectivity index (χ4n) is 3.86. The van der Waals surface area contributed by atoms with Crippen molar-refractivity contribution in [3.05, 3.63) is 52.5 Å². The lowest BCUT2D eigenvalue weighted by Crippen LogP contribution is -2.36. The first-order chi connectivity index (χ1) is 16.1. The Balaban J connectivity index is 1.66. The van der Waals surface area contributed by atoms with E-state index in [1.165, 1.54) is 0 Å². The lowest BCUT2D eigenvalue weighted by molar-refractivity contribution is 0.145. The van der Waals surface area contributed by atoms with E-state index in [2.05, 4.69) is 25.6 Å². The zero-order chi connectivity index (χ0) is 23.2. The Labute approximate surface area is 198 Å². The number of oxime groups is 1. The monoisotopic (exact) mass is 469 g/mol. The molecule has 1 aliphatic heterocycles. The minimum absolute atomic E-state index is 0.251. The summed E-state index contributed by atoms with van der Waals surface area (Å²) in [7, 11) is 1.60. The Morgan fingerprint density at radius 1 is 1.18 bits per heavy atom. The molecule has 0 atom stereocenters. The van der Waals surface area contributed by atoms with Crippen molar-refractivity contribution in [1.29, 1.82) is 0 Å². The van der Waals surface area contributed by atoms with E-state index >= 15 is 0 Å². The molecule has 4 rings (SSSR count). The predicted octanol–water partition coefficient (Wildman–Crippen LogP) is 4.24. The van der Waals surface area contributed by atoms with E-state index in [4.69, 9.17) is 21.2 Å². The molecule has 1 aliphatic rings. The van der Waals surface area contributed by atoms with E-state index in [-0.39, 0.29) is 6.10 Å². The maximum absolute atomic E-state index is 9.88. The van der Waals surface area contributed by atoms with Gasteiger partial charge in [0, 0.05) is 30.4 Å². The number of anilines is 2. The van der Waals surface area contributed by atoms with Crippen LogP contribution in [0, 0.1) is 0 Å². The van der Waals surface area contributed by atoms with Gasteiger partial charge in [0.05, 0.1) is 24.5 Å². The molecule has 33 heavy (non-hydrogen) atoms. The highest BCUT2D eigenvalue weighted by molar-refractivity contribution is 6.32. The lowest BCUT2D eigenvalue weighted by atomic mass is 10.1. The van der Waals surface area contributed by atoms with Crippen molar-refractivity contribution in [1.82, 2.24) is 10.2 Å². The van der Waals surface area contributed by atoms with E-state index in [9.17, 15) is 5.11 Å². The van der Waals surface area contributed by atoms with Crippen molar-refractivity contribution >= 4 is 40.2 Å². The summed E-state index contributed by atoms with van der Waals surface area (Å²) in [6.07, 6.45) is 2.88. The number of piperidine rings is 1. The summed E-state index contributed by atoms with van der Waals surface area (Å²) in [5, 5.41) is 28.8. The van der Waals surface area contributed by atoms with Gasteiger partial charge in [0.15, 0.2) is 11.6 Å². The number of halogens is 1. The lowest BCUT2D eigenvalue weighted by Gasteiger charge is -2.31. The molecule has 174 valence electrons. The number of ether oxygens (including phenoxy) is 1. The first kappa shape index (κ1) is 23.1. The molecule has 8 nitrogen and oxygen atoms in total. The number of benzene rings is 2. The fourth-order valence-corrected chi connectivity index (χ4v) is 4.14. The molecule has 0 unspecified atom stereocenters. The molecule has 0 radical (unpaired) electrons. The predicted molar refractivity (Wildman–Crippen MR) is 132 cm³/mol. The third kappa shape index (κ3) is 5.46. The molecule has 2 heterocycles. The third-order valence-corrected chi connectivity index (χ3v) is 5.93. The van der Waals surface area contributed by atoms with Crippen LogP contribution in [-0.2, 0) is 11.4 Å². The van der Waals surface area contributed by atoms with Gasteiger partial charge in [-0.25, -0.2) is 0 Å². The second-order valence-corrected chi connectivity index (χ2v) is 8.28. The molecule has 0 saturated carbocycles. The molecule has 3 aromatic rings. The van der Waals surface area contributed by atoms with Gasteiger partial charge in [-0.1, -0.05) is 28.9 Å². The Kier molecular flexibility index (Phi) is 7.47. The molecule has 0 bridgehead atoms. The molecule has 2 N–H and O–H groups in total. The Bertz CT molecular complexity index is 1130. The third-order valence-electron chi connectivity index (χ3n) is 5.63. The number of hydrogen-bond donors (Lipinski definition) is 2. The minimum Gasteiger partial charge on any atom is -0.495 e. The molecule has 1 saturated heterocycles. The Morgan fingerprint density at radius 3 is 2.73 bits per heavy atom. The maximum Gasteiger partial charge on any atom is 0.159 e. The highest BCUT2D eigenvalue weighted by Gasteiger charge is 2.21. The summed E-state index contributed by atoms with van der Waals surface area (Å²) >= 11 is 6.27. The molecular formula is C24H28ClN5O3. The maximum atomic E-state index is 9.88. The van der Waals surface area contributed by atoms with Gasteiger partial charge in [0.25, 0.3) is 0 Å². The molecule has 0 aliphatic carbocycles. The SMILES string of the molecule is CCO/N=C/c1ccc2c(N3CCC(O)CC3)nnc(NCc3ccc(OC)c(Cl)c3)c2c1. The quantitative estimate of drug-likeness (QED) is 0.376. The molecular weight excluding hydrogens is 442 g/mol. The van der Waals surface area contributed by atoms with E-state index in [0.717, 1.165) is 53.6 Å². The second-order valence-electron chi connectivity index (χ2n) is 7.87. The fraction of sp³-hybridized carbons (Fsp3) is 0.375. The number of aromatic nitrogens is 2. The number of aliphatic hydroxyl groups is 1. The first-order valence-electron chi connectivity index (χ1n) is 11.0. The van der Waals surface area contributed by atoms with Crippen molar-refractivity contribution < 1.29 is 14.7 Å². The zero-order valence-corrected chi connectivity index (χ0v) is 19.5. The number of fused-ring (bicyclic) bond motifs is 1. The number of aliphatic hydroxyl groups excluding tert-OH is 1. The van der Waals surface area contributed by atoms with Gasteiger partial charge in [-0.05, 0) is 55.2 Å². The van der Waals surface area contributed by atoms with Crippen molar-refractivity contribution in [2.75, 3.05) is 37.0 Å². The summed E-state index contributed by atoms with van der Waals surface area (Å²) in [6.45, 7) is 4.42. The van der Waals surface area contributed by atoms with Crippen LogP contribution in [0.2, 0.25) is 5.02 Å². The van der Waals surface area contributed by atoms with E-state index in [0.29, 0.717) is 29.7 Å². The number of rotatable bonds is 8. The van der Waals surface area contributed by atoms with Crippen LogP contribution in [0.4, 0.5) is 11.6 Å². The molecule has 1 aromatic heterocycles. The van der Waals surface area contributed by atoms with Gasteiger partial charge in [-0.3, -0.25) is 0 Å². The van der Waals surface area contributed by atoms with Crippen LogP contribution in [0.15, 0.2) is 41.6 Å². The van der Waals surface area contributed by atoms with Gasteiger partial charge in [0.2, 0.25) is 0 Å². The minimum atomic E-state index is -0.251. The first-order valence-corrected chi connectivity index (χ1v) is 11.4. The van der Waals surface area contributed by atoms with Crippen LogP contribution in [0.5, 0.6) is 5.75 Å². The van der Waals surface area contributed by atoms with Gasteiger partial charge in [0.1, 0.15) is 12.4 Å². The number of hydrogen-bond acceptors (Lipinski definition) is 8. The van der Waals surface area contributed by atoms with Crippen molar-refractivity contribution in [2.45, 2.75) is 32.4 Å². The van der Waals surface area contributed by atoms with Crippen molar-refractivity contribution in [2.24, 2.45) is 5.16 Å². The van der Waals surface area contributed by atoms with Crippen molar-refractivity contribution in [3.63, 3.8) is 0 Å². The van der Waals surface area contributed by atoms with Gasteiger partial charge < -0.3 is 24.9 Å². The Hall–Kier alpha value is -3.10. The van der Waals surface area contributed by atoms with Crippen LogP contribution >= 0.6 is 11.6 Å². The largest absolute Gasteiger partial charge is 0.495 e. The average Bonchev–Trinajstić information content (AvgIpc) is 2.83. The molecule has 9 heteroatoms. The smallest absolute Gasteiger partial charge is 0.159 e. The second kappa shape index (κ2) is 10.7. The van der Waals surface area contributed by atoms with E-state index in [1.54, 1.807) is 13.3 Å². The number of nitrogens with zero attached hydrogens (tertiary/aromatic N) is 4. The summed E-state index contributed by atoms with van der Waals surface area (Å²) in [5.41, 5.74) is 1.90. The highest BCUT2D eigenvalue weighted by Crippen LogP contribution is 2.31. The van der Waals surface area contributed by atoms with Gasteiger partial charge >= 0.3 is 0 Å². The van der Waals surface area contributed by atoms with Gasteiger partial charge in [-0.2, -0.15) is 0 Å². The molecule has 0 spiro atoms. The number of nitrogens with one attached hydrogen (secondary N) is 1. The summed E-state index contributed by atoms with van der Waals surface area (Å²) in [5.74, 6) is 2.13. The van der Waals surface area contributed by atoms with Crippen LogP contribution in [-0.4, -0.2) is 54.4 Å². The van der Waals surface area contributed by atoms with E-state index < -0.39 is 0 Å². The van der Waals surface area contributed by atoms with Gasteiger partial charge in [-0.15, -0.1) is 10.2 Å². The summed E-state index contributed by atoms with van der Waals surface area (Å²) in [6, 6.07) is 11.7. The average molecular weight is 470 g/mol. The van der Waals surface area contributed by atoms with E-state index in [1.807, 2.05) is 43.3 Å². The summed E-state index contributed by atoms with van der Waals surface area (Å²) in [4.78, 5) is 7.30. The summed E-state index contributed by atoms with van der Waals surface area (Å²) < 4.78 is 5.23. The normalized spacial score (nSPS) is 14.7. The van der Waals surface area contributed by atoms with Crippen LogP contribution in [0.25, 0.3) is 10.8 Å².